The monoisotopic (exact) mass is 366 g/mol. The topological polar surface area (TPSA) is 24.4 Å². The molecule has 1 aliphatic rings. The van der Waals surface area contributed by atoms with Crippen molar-refractivity contribution in [3.05, 3.63) is 28.2 Å². The largest absolute Gasteiger partial charge is 0.416 e. The van der Waals surface area contributed by atoms with Gasteiger partial charge in [0.15, 0.2) is 5.17 Å². The number of anilines is 1. The van der Waals surface area contributed by atoms with E-state index in [1.807, 2.05) is 0 Å². The van der Waals surface area contributed by atoms with E-state index in [0.717, 1.165) is 31.5 Å². The zero-order chi connectivity index (χ0) is 14.8. The van der Waals surface area contributed by atoms with Crippen LogP contribution < -0.4 is 5.32 Å². The zero-order valence-electron chi connectivity index (χ0n) is 10.8. The van der Waals surface area contributed by atoms with Gasteiger partial charge in [0, 0.05) is 15.4 Å². The maximum Gasteiger partial charge on any atom is 0.416 e. The van der Waals surface area contributed by atoms with Crippen LogP contribution in [0.15, 0.2) is 27.7 Å². The SMILES string of the molecule is CCCC1CN=C(Nc2cc(Br)cc(C(F)(F)F)c2)S1. The number of halogens is 4. The first-order valence-corrected chi connectivity index (χ1v) is 7.91. The number of rotatable bonds is 3. The normalized spacial score (nSPS) is 19.1. The quantitative estimate of drug-likeness (QED) is 0.799. The molecule has 0 saturated carbocycles. The first-order chi connectivity index (χ1) is 9.38. The van der Waals surface area contributed by atoms with Crippen molar-refractivity contribution >= 4 is 38.5 Å². The van der Waals surface area contributed by atoms with E-state index in [4.69, 9.17) is 0 Å². The average molecular weight is 367 g/mol. The highest BCUT2D eigenvalue weighted by molar-refractivity contribution is 9.10. The molecule has 1 N–H and O–H groups in total. The van der Waals surface area contributed by atoms with E-state index < -0.39 is 11.7 Å². The predicted molar refractivity (Wildman–Crippen MR) is 81.4 cm³/mol. The van der Waals surface area contributed by atoms with Crippen molar-refractivity contribution in [2.75, 3.05) is 11.9 Å². The minimum atomic E-state index is -4.35. The summed E-state index contributed by atoms with van der Waals surface area (Å²) in [4.78, 5) is 4.32. The maximum absolute atomic E-state index is 12.7. The fraction of sp³-hybridized carbons (Fsp3) is 0.462. The molecule has 20 heavy (non-hydrogen) atoms. The zero-order valence-corrected chi connectivity index (χ0v) is 13.2. The predicted octanol–water partition coefficient (Wildman–Crippen LogP) is 5.15. The van der Waals surface area contributed by atoms with Crippen LogP contribution in [0.2, 0.25) is 0 Å². The van der Waals surface area contributed by atoms with Crippen molar-refractivity contribution in [3.8, 4) is 0 Å². The fourth-order valence-electron chi connectivity index (χ4n) is 1.91. The summed E-state index contributed by atoms with van der Waals surface area (Å²) in [7, 11) is 0. The van der Waals surface area contributed by atoms with Gasteiger partial charge in [0.2, 0.25) is 0 Å². The first kappa shape index (κ1) is 15.7. The second-order valence-electron chi connectivity index (χ2n) is 4.53. The van der Waals surface area contributed by atoms with Gasteiger partial charge in [-0.3, -0.25) is 4.99 Å². The van der Waals surface area contributed by atoms with Gasteiger partial charge < -0.3 is 5.32 Å². The van der Waals surface area contributed by atoms with E-state index >= 15 is 0 Å². The minimum Gasteiger partial charge on any atom is -0.335 e. The molecular formula is C13H14BrF3N2S. The van der Waals surface area contributed by atoms with Crippen LogP contribution in [0.25, 0.3) is 0 Å². The molecule has 2 rings (SSSR count). The Labute approximate surface area is 128 Å². The molecule has 0 aromatic heterocycles. The molecular weight excluding hydrogens is 353 g/mol. The molecule has 0 amide bonds. The van der Waals surface area contributed by atoms with Crippen LogP contribution in [0.3, 0.4) is 0 Å². The van der Waals surface area contributed by atoms with Crippen LogP contribution >= 0.6 is 27.7 Å². The number of nitrogens with zero attached hydrogens (tertiary/aromatic N) is 1. The number of thioether (sulfide) groups is 1. The standard InChI is InChI=1S/C13H14BrF3N2S/c1-2-3-11-7-18-12(20-11)19-10-5-8(13(15,16)17)4-9(14)6-10/h4-6,11H,2-3,7H2,1H3,(H,18,19). The summed E-state index contributed by atoms with van der Waals surface area (Å²) >= 11 is 4.70. The smallest absolute Gasteiger partial charge is 0.335 e. The lowest BCUT2D eigenvalue weighted by Crippen LogP contribution is -2.10. The Morgan fingerprint density at radius 3 is 2.80 bits per heavy atom. The highest BCUT2D eigenvalue weighted by Crippen LogP contribution is 2.34. The highest BCUT2D eigenvalue weighted by Gasteiger charge is 2.31. The number of nitrogens with one attached hydrogen (secondary N) is 1. The molecule has 1 unspecified atom stereocenters. The van der Waals surface area contributed by atoms with Crippen molar-refractivity contribution in [1.29, 1.82) is 0 Å². The Morgan fingerprint density at radius 2 is 2.15 bits per heavy atom. The lowest BCUT2D eigenvalue weighted by atomic mass is 10.2. The van der Waals surface area contributed by atoms with Gasteiger partial charge >= 0.3 is 6.18 Å². The molecule has 110 valence electrons. The van der Waals surface area contributed by atoms with Gasteiger partial charge in [-0.15, -0.1) is 0 Å². The number of benzene rings is 1. The summed E-state index contributed by atoms with van der Waals surface area (Å²) in [6, 6.07) is 3.78. The van der Waals surface area contributed by atoms with Crippen LogP contribution in [-0.4, -0.2) is 17.0 Å². The van der Waals surface area contributed by atoms with Gasteiger partial charge in [-0.2, -0.15) is 13.2 Å². The number of hydrogen-bond acceptors (Lipinski definition) is 3. The number of alkyl halides is 3. The van der Waals surface area contributed by atoms with Gasteiger partial charge in [-0.25, -0.2) is 0 Å². The molecule has 1 heterocycles. The summed E-state index contributed by atoms with van der Waals surface area (Å²) in [5.41, 5.74) is -0.279. The highest BCUT2D eigenvalue weighted by atomic mass is 79.9. The number of hydrogen-bond donors (Lipinski definition) is 1. The molecule has 0 spiro atoms. The second kappa shape index (κ2) is 6.39. The molecule has 0 saturated heterocycles. The van der Waals surface area contributed by atoms with E-state index in [9.17, 15) is 13.2 Å². The first-order valence-electron chi connectivity index (χ1n) is 6.24. The fourth-order valence-corrected chi connectivity index (χ4v) is 3.54. The molecule has 1 atom stereocenters. The second-order valence-corrected chi connectivity index (χ2v) is 6.73. The van der Waals surface area contributed by atoms with Gasteiger partial charge in [0.1, 0.15) is 0 Å². The lowest BCUT2D eigenvalue weighted by molar-refractivity contribution is -0.137. The molecule has 0 aliphatic carbocycles. The van der Waals surface area contributed by atoms with Crippen LogP contribution in [-0.2, 0) is 6.18 Å². The van der Waals surface area contributed by atoms with Crippen LogP contribution in [0.1, 0.15) is 25.3 Å². The van der Waals surface area contributed by atoms with E-state index in [1.165, 1.54) is 0 Å². The van der Waals surface area contributed by atoms with Crippen molar-refractivity contribution in [2.24, 2.45) is 4.99 Å². The third kappa shape index (κ3) is 4.15. The summed E-state index contributed by atoms with van der Waals surface area (Å²) < 4.78 is 38.6. The molecule has 7 heteroatoms. The molecule has 0 radical (unpaired) electrons. The molecule has 0 fully saturated rings. The summed E-state index contributed by atoms with van der Waals surface area (Å²) in [5, 5.41) is 4.08. The Bertz CT molecular complexity index is 517. The Balaban J connectivity index is 2.09. The maximum atomic E-state index is 12.7. The Hall–Kier alpha value is -0.690. The molecule has 0 bridgehead atoms. The van der Waals surface area contributed by atoms with Gasteiger partial charge in [-0.05, 0) is 24.6 Å². The molecule has 1 aromatic carbocycles. The van der Waals surface area contributed by atoms with Crippen molar-refractivity contribution in [1.82, 2.24) is 0 Å². The third-order valence-electron chi connectivity index (χ3n) is 2.80. The van der Waals surface area contributed by atoms with Crippen molar-refractivity contribution < 1.29 is 13.2 Å². The minimum absolute atomic E-state index is 0.392. The average Bonchev–Trinajstić information content (AvgIpc) is 2.75. The van der Waals surface area contributed by atoms with Gasteiger partial charge in [0.25, 0.3) is 0 Å². The summed E-state index contributed by atoms with van der Waals surface area (Å²) in [6.45, 7) is 2.83. The van der Waals surface area contributed by atoms with E-state index in [0.29, 0.717) is 20.6 Å². The Morgan fingerprint density at radius 1 is 1.40 bits per heavy atom. The van der Waals surface area contributed by atoms with Gasteiger partial charge in [0.05, 0.1) is 12.1 Å². The van der Waals surface area contributed by atoms with Crippen LogP contribution in [0.4, 0.5) is 18.9 Å². The summed E-state index contributed by atoms with van der Waals surface area (Å²) in [5.74, 6) is 0. The molecule has 1 aliphatic heterocycles. The van der Waals surface area contributed by atoms with Crippen molar-refractivity contribution in [2.45, 2.75) is 31.2 Å². The van der Waals surface area contributed by atoms with E-state index in [-0.39, 0.29) is 0 Å². The van der Waals surface area contributed by atoms with Crippen molar-refractivity contribution in [3.63, 3.8) is 0 Å². The van der Waals surface area contributed by atoms with Gasteiger partial charge in [-0.1, -0.05) is 41.0 Å². The van der Waals surface area contributed by atoms with E-state index in [2.05, 4.69) is 33.2 Å². The Kier molecular flexibility index (Phi) is 5.01. The molecule has 2 nitrogen and oxygen atoms in total. The van der Waals surface area contributed by atoms with Crippen LogP contribution in [0, 0.1) is 0 Å². The number of aliphatic imine (C=N–C) groups is 1. The molecule has 1 aromatic rings. The lowest BCUT2D eigenvalue weighted by Gasteiger charge is -2.12. The van der Waals surface area contributed by atoms with Crippen LogP contribution in [0.5, 0.6) is 0 Å². The number of amidine groups is 1. The van der Waals surface area contributed by atoms with E-state index in [1.54, 1.807) is 17.8 Å². The third-order valence-corrected chi connectivity index (χ3v) is 4.43. The summed E-state index contributed by atoms with van der Waals surface area (Å²) in [6.07, 6.45) is -2.21.